The number of ether oxygens (including phenoxy) is 1. The smallest absolute Gasteiger partial charge is 0.257 e. The molecular weight excluding hydrogens is 410 g/mol. The number of sulfonamides is 1. The van der Waals surface area contributed by atoms with Crippen molar-refractivity contribution in [2.75, 3.05) is 11.9 Å². The van der Waals surface area contributed by atoms with Gasteiger partial charge in [-0.2, -0.15) is 0 Å². The van der Waals surface area contributed by atoms with Crippen LogP contribution in [0.1, 0.15) is 37.6 Å². The van der Waals surface area contributed by atoms with Crippen LogP contribution in [0.15, 0.2) is 53.4 Å². The highest BCUT2D eigenvalue weighted by molar-refractivity contribution is 7.89. The van der Waals surface area contributed by atoms with Crippen molar-refractivity contribution in [1.82, 2.24) is 10.0 Å². The van der Waals surface area contributed by atoms with E-state index in [2.05, 4.69) is 15.4 Å². The molecular formula is C20H25N3O4S2. The minimum absolute atomic E-state index is 0.0512. The van der Waals surface area contributed by atoms with Crippen molar-refractivity contribution in [2.45, 2.75) is 38.2 Å². The van der Waals surface area contributed by atoms with Gasteiger partial charge in [0.05, 0.1) is 11.0 Å². The molecule has 0 saturated heterocycles. The van der Waals surface area contributed by atoms with Gasteiger partial charge in [-0.15, -0.1) is 0 Å². The lowest BCUT2D eigenvalue weighted by Crippen LogP contribution is -2.34. The molecule has 0 aliphatic carbocycles. The molecule has 0 aliphatic heterocycles. The van der Waals surface area contributed by atoms with Crippen molar-refractivity contribution in [1.29, 1.82) is 0 Å². The number of carbonyl (C=O) groups is 1. The molecule has 1 amide bonds. The van der Waals surface area contributed by atoms with Gasteiger partial charge in [-0.3, -0.25) is 10.1 Å². The van der Waals surface area contributed by atoms with Gasteiger partial charge in [0.2, 0.25) is 10.0 Å². The lowest BCUT2D eigenvalue weighted by molar-refractivity contribution is 0.0977. The Hall–Kier alpha value is -2.49. The van der Waals surface area contributed by atoms with Crippen LogP contribution in [0.3, 0.4) is 0 Å². The van der Waals surface area contributed by atoms with Crippen LogP contribution in [0.4, 0.5) is 5.69 Å². The van der Waals surface area contributed by atoms with Gasteiger partial charge in [0.1, 0.15) is 5.75 Å². The molecule has 0 bridgehead atoms. The summed E-state index contributed by atoms with van der Waals surface area (Å²) in [5.41, 5.74) is 0.999. The second-order valence-electron chi connectivity index (χ2n) is 6.52. The molecule has 0 spiro atoms. The maximum atomic E-state index is 12.3. The number of rotatable bonds is 8. The number of hydrogen-bond acceptors (Lipinski definition) is 5. The zero-order valence-electron chi connectivity index (χ0n) is 16.6. The zero-order chi connectivity index (χ0) is 21.4. The van der Waals surface area contributed by atoms with Gasteiger partial charge in [-0.1, -0.05) is 6.92 Å². The molecule has 156 valence electrons. The van der Waals surface area contributed by atoms with Gasteiger partial charge >= 0.3 is 0 Å². The minimum Gasteiger partial charge on any atom is -0.491 e. The van der Waals surface area contributed by atoms with Crippen LogP contribution < -0.4 is 20.1 Å². The Morgan fingerprint density at radius 1 is 1.07 bits per heavy atom. The molecule has 0 aliphatic rings. The van der Waals surface area contributed by atoms with E-state index in [0.29, 0.717) is 30.0 Å². The first-order valence-electron chi connectivity index (χ1n) is 9.20. The summed E-state index contributed by atoms with van der Waals surface area (Å²) in [4.78, 5) is 12.5. The van der Waals surface area contributed by atoms with Crippen LogP contribution in [0, 0.1) is 0 Å². The third-order valence-electron chi connectivity index (χ3n) is 3.68. The molecule has 0 unspecified atom stereocenters. The van der Waals surface area contributed by atoms with Crippen LogP contribution in [0.25, 0.3) is 0 Å². The molecule has 0 heterocycles. The van der Waals surface area contributed by atoms with Crippen molar-refractivity contribution < 1.29 is 17.9 Å². The number of hydrogen-bond donors (Lipinski definition) is 3. The van der Waals surface area contributed by atoms with Crippen LogP contribution in [-0.4, -0.2) is 32.1 Å². The molecule has 29 heavy (non-hydrogen) atoms. The second-order valence-corrected chi connectivity index (χ2v) is 8.70. The summed E-state index contributed by atoms with van der Waals surface area (Å²) < 4.78 is 32.2. The van der Waals surface area contributed by atoms with E-state index < -0.39 is 10.0 Å². The summed E-state index contributed by atoms with van der Waals surface area (Å²) in [6.07, 6.45) is 0.760. The maximum Gasteiger partial charge on any atom is 0.257 e. The fourth-order valence-electron chi connectivity index (χ4n) is 2.33. The first kappa shape index (κ1) is 22.8. The van der Waals surface area contributed by atoms with E-state index in [1.54, 1.807) is 36.4 Å². The molecule has 9 heteroatoms. The predicted octanol–water partition coefficient (Wildman–Crippen LogP) is 3.29. The zero-order valence-corrected chi connectivity index (χ0v) is 18.2. The summed E-state index contributed by atoms with van der Waals surface area (Å²) in [6.45, 7) is 6.12. The first-order valence-corrected chi connectivity index (χ1v) is 11.1. The van der Waals surface area contributed by atoms with Crippen molar-refractivity contribution in [3.8, 4) is 5.75 Å². The van der Waals surface area contributed by atoms with Crippen molar-refractivity contribution in [3.05, 3.63) is 54.1 Å². The van der Waals surface area contributed by atoms with Gasteiger partial charge in [0, 0.05) is 17.8 Å². The Morgan fingerprint density at radius 2 is 1.69 bits per heavy atom. The van der Waals surface area contributed by atoms with Gasteiger partial charge in [-0.25, -0.2) is 13.1 Å². The molecule has 0 atom stereocenters. The number of carbonyl (C=O) groups excluding carboxylic acids is 1. The third kappa shape index (κ3) is 7.12. The van der Waals surface area contributed by atoms with E-state index >= 15 is 0 Å². The molecule has 3 N–H and O–H groups in total. The summed E-state index contributed by atoms with van der Waals surface area (Å²) in [7, 11) is -3.52. The van der Waals surface area contributed by atoms with E-state index in [4.69, 9.17) is 17.0 Å². The Balaban J connectivity index is 1.94. The highest BCUT2D eigenvalue weighted by Crippen LogP contribution is 2.15. The predicted molar refractivity (Wildman–Crippen MR) is 118 cm³/mol. The number of anilines is 1. The third-order valence-corrected chi connectivity index (χ3v) is 5.36. The lowest BCUT2D eigenvalue weighted by atomic mass is 10.2. The van der Waals surface area contributed by atoms with Gasteiger partial charge in [-0.05, 0) is 81.0 Å². The van der Waals surface area contributed by atoms with E-state index in [-0.39, 0.29) is 22.0 Å². The molecule has 2 aromatic rings. The average molecular weight is 436 g/mol. The van der Waals surface area contributed by atoms with Gasteiger partial charge < -0.3 is 10.1 Å². The van der Waals surface area contributed by atoms with Crippen molar-refractivity contribution >= 4 is 38.9 Å². The van der Waals surface area contributed by atoms with E-state index in [0.717, 1.165) is 0 Å². The van der Waals surface area contributed by atoms with E-state index in [9.17, 15) is 13.2 Å². The fraction of sp³-hybridized carbons (Fsp3) is 0.300. The molecule has 0 fully saturated rings. The van der Waals surface area contributed by atoms with E-state index in [1.165, 1.54) is 12.1 Å². The largest absolute Gasteiger partial charge is 0.491 e. The summed E-state index contributed by atoms with van der Waals surface area (Å²) in [6, 6.07) is 12.8. The number of nitrogens with one attached hydrogen (secondary N) is 3. The second kappa shape index (κ2) is 10.3. The normalized spacial score (nSPS) is 11.2. The Morgan fingerprint density at radius 3 is 2.24 bits per heavy atom. The molecule has 0 radical (unpaired) electrons. The molecule has 7 nitrogen and oxygen atoms in total. The Kier molecular flexibility index (Phi) is 8.12. The standard InChI is InChI=1S/C20H25N3O4S2/c1-4-13-21-29(25,26)18-11-7-16(8-12-18)22-20(28)23-19(24)15-5-9-17(10-6-15)27-14(2)3/h5-12,14,21H,4,13H2,1-3H3,(H2,22,23,24,28). The molecule has 0 aromatic heterocycles. The lowest BCUT2D eigenvalue weighted by Gasteiger charge is -2.12. The summed E-state index contributed by atoms with van der Waals surface area (Å²) >= 11 is 5.16. The van der Waals surface area contributed by atoms with Gasteiger partial charge in [0.25, 0.3) is 5.91 Å². The first-order chi connectivity index (χ1) is 13.7. The fourth-order valence-corrected chi connectivity index (χ4v) is 3.68. The summed E-state index contributed by atoms with van der Waals surface area (Å²) in [5.74, 6) is 0.322. The Labute approximate surface area is 176 Å². The Bertz CT molecular complexity index is 941. The van der Waals surface area contributed by atoms with Crippen LogP contribution in [-0.2, 0) is 10.0 Å². The maximum absolute atomic E-state index is 12.3. The SMILES string of the molecule is CCCNS(=O)(=O)c1ccc(NC(=S)NC(=O)c2ccc(OC(C)C)cc2)cc1. The average Bonchev–Trinajstić information content (AvgIpc) is 2.67. The summed E-state index contributed by atoms with van der Waals surface area (Å²) in [5, 5.41) is 5.56. The topological polar surface area (TPSA) is 96.5 Å². The molecule has 0 saturated carbocycles. The molecule has 2 aromatic carbocycles. The quantitative estimate of drug-likeness (QED) is 0.551. The van der Waals surface area contributed by atoms with Crippen LogP contribution >= 0.6 is 12.2 Å². The van der Waals surface area contributed by atoms with Crippen LogP contribution in [0.5, 0.6) is 5.75 Å². The number of benzene rings is 2. The van der Waals surface area contributed by atoms with Crippen LogP contribution in [0.2, 0.25) is 0 Å². The van der Waals surface area contributed by atoms with E-state index in [1.807, 2.05) is 20.8 Å². The van der Waals surface area contributed by atoms with Crippen molar-refractivity contribution in [3.63, 3.8) is 0 Å². The van der Waals surface area contributed by atoms with Gasteiger partial charge in [0.15, 0.2) is 5.11 Å². The number of amides is 1. The van der Waals surface area contributed by atoms with Crippen molar-refractivity contribution in [2.24, 2.45) is 0 Å². The highest BCUT2D eigenvalue weighted by atomic mass is 32.2. The minimum atomic E-state index is -3.52. The number of thiocarbonyl (C=S) groups is 1. The molecule has 2 rings (SSSR count). The monoisotopic (exact) mass is 435 g/mol. The highest BCUT2D eigenvalue weighted by Gasteiger charge is 2.13.